The molecule has 0 radical (unpaired) electrons. The number of aromatic amines is 1. The smallest absolute Gasteiger partial charge is 0.243 e. The van der Waals surface area contributed by atoms with Crippen molar-refractivity contribution >= 4 is 21.9 Å². The van der Waals surface area contributed by atoms with Crippen molar-refractivity contribution in [3.05, 3.63) is 48.8 Å². The molecule has 1 fully saturated rings. The summed E-state index contributed by atoms with van der Waals surface area (Å²) in [5, 5.41) is 12.3. The van der Waals surface area contributed by atoms with Crippen LogP contribution < -0.4 is 4.74 Å². The zero-order valence-corrected chi connectivity index (χ0v) is 15.0. The number of aromatic nitrogens is 4. The Kier molecular flexibility index (Phi) is 3.79. The number of aliphatic hydroxyl groups excluding tert-OH is 1. The van der Waals surface area contributed by atoms with E-state index in [0.29, 0.717) is 23.5 Å². The van der Waals surface area contributed by atoms with Crippen molar-refractivity contribution in [3.8, 4) is 17.3 Å². The summed E-state index contributed by atoms with van der Waals surface area (Å²) >= 11 is 0. The molecule has 2 aromatic heterocycles. The largest absolute Gasteiger partial charge is 0.473 e. The first kappa shape index (κ1) is 16.2. The molecule has 0 unspecified atom stereocenters. The van der Waals surface area contributed by atoms with Crippen LogP contribution in [0.2, 0.25) is 0 Å². The molecule has 2 heterocycles. The molecule has 1 aliphatic carbocycles. The van der Waals surface area contributed by atoms with Crippen molar-refractivity contribution in [2.75, 3.05) is 0 Å². The number of ether oxygens (including phenoxy) is 1. The van der Waals surface area contributed by atoms with Gasteiger partial charge < -0.3 is 14.8 Å². The van der Waals surface area contributed by atoms with Crippen LogP contribution in [0.15, 0.2) is 48.8 Å². The van der Waals surface area contributed by atoms with E-state index >= 15 is 0 Å². The minimum absolute atomic E-state index is 0.0441. The highest BCUT2D eigenvalue weighted by molar-refractivity contribution is 5.96. The molecule has 136 valence electrons. The SMILES string of the molecule is C[C@H]1C[C@@H](Oc2ncnc3nc(-c4cccc5ccccc45)[nH]c23)C[C@@H]1O. The Hall–Kier alpha value is -2.99. The van der Waals surface area contributed by atoms with Crippen LogP contribution in [-0.4, -0.2) is 37.3 Å². The van der Waals surface area contributed by atoms with E-state index in [1.807, 2.05) is 31.2 Å². The van der Waals surface area contributed by atoms with E-state index in [4.69, 9.17) is 4.74 Å². The highest BCUT2D eigenvalue weighted by Crippen LogP contribution is 2.32. The van der Waals surface area contributed by atoms with Crippen molar-refractivity contribution in [3.63, 3.8) is 0 Å². The van der Waals surface area contributed by atoms with Crippen LogP contribution in [0.3, 0.4) is 0 Å². The summed E-state index contributed by atoms with van der Waals surface area (Å²) < 4.78 is 6.08. The Morgan fingerprint density at radius 1 is 1.07 bits per heavy atom. The summed E-state index contributed by atoms with van der Waals surface area (Å²) in [6.45, 7) is 2.04. The molecule has 3 atom stereocenters. The minimum Gasteiger partial charge on any atom is -0.473 e. The van der Waals surface area contributed by atoms with Crippen molar-refractivity contribution < 1.29 is 9.84 Å². The fourth-order valence-electron chi connectivity index (χ4n) is 3.88. The molecule has 0 amide bonds. The maximum Gasteiger partial charge on any atom is 0.243 e. The van der Waals surface area contributed by atoms with Gasteiger partial charge in [0.2, 0.25) is 5.88 Å². The van der Waals surface area contributed by atoms with Crippen LogP contribution >= 0.6 is 0 Å². The van der Waals surface area contributed by atoms with Crippen LogP contribution in [0, 0.1) is 5.92 Å². The third kappa shape index (κ3) is 2.82. The van der Waals surface area contributed by atoms with E-state index in [-0.39, 0.29) is 18.1 Å². The van der Waals surface area contributed by atoms with E-state index in [1.54, 1.807) is 0 Å². The number of benzene rings is 2. The van der Waals surface area contributed by atoms with Gasteiger partial charge in [0.1, 0.15) is 23.8 Å². The van der Waals surface area contributed by atoms with E-state index in [1.165, 1.54) is 6.33 Å². The van der Waals surface area contributed by atoms with Crippen LogP contribution in [-0.2, 0) is 0 Å². The van der Waals surface area contributed by atoms with E-state index in [2.05, 4.69) is 38.1 Å². The minimum atomic E-state index is -0.319. The number of fused-ring (bicyclic) bond motifs is 2. The fraction of sp³-hybridized carbons (Fsp3) is 0.286. The number of aliphatic hydroxyl groups is 1. The zero-order chi connectivity index (χ0) is 18.4. The van der Waals surface area contributed by atoms with Crippen molar-refractivity contribution in [1.29, 1.82) is 0 Å². The van der Waals surface area contributed by atoms with Crippen LogP contribution in [0.4, 0.5) is 0 Å². The van der Waals surface area contributed by atoms with Gasteiger partial charge in [-0.25, -0.2) is 9.97 Å². The summed E-state index contributed by atoms with van der Waals surface area (Å²) in [5.41, 5.74) is 2.28. The third-order valence-corrected chi connectivity index (χ3v) is 5.37. The fourth-order valence-corrected chi connectivity index (χ4v) is 3.88. The normalized spacial score (nSPS) is 22.5. The van der Waals surface area contributed by atoms with Gasteiger partial charge in [-0.05, 0) is 23.1 Å². The summed E-state index contributed by atoms with van der Waals surface area (Å²) in [6.07, 6.45) is 2.55. The Bertz CT molecular complexity index is 1110. The van der Waals surface area contributed by atoms with Gasteiger partial charge >= 0.3 is 0 Å². The average Bonchev–Trinajstić information content (AvgIpc) is 3.25. The van der Waals surface area contributed by atoms with Gasteiger partial charge in [0.05, 0.1) is 6.10 Å². The van der Waals surface area contributed by atoms with Gasteiger partial charge in [0.25, 0.3) is 0 Å². The summed E-state index contributed by atoms with van der Waals surface area (Å²) in [5.74, 6) is 1.47. The van der Waals surface area contributed by atoms with Gasteiger partial charge in [-0.3, -0.25) is 0 Å². The number of hydrogen-bond acceptors (Lipinski definition) is 5. The summed E-state index contributed by atoms with van der Waals surface area (Å²) in [7, 11) is 0. The number of nitrogens with zero attached hydrogens (tertiary/aromatic N) is 3. The average molecular weight is 360 g/mol. The quantitative estimate of drug-likeness (QED) is 0.582. The molecule has 0 spiro atoms. The molecule has 0 saturated heterocycles. The lowest BCUT2D eigenvalue weighted by molar-refractivity contribution is 0.129. The highest BCUT2D eigenvalue weighted by atomic mass is 16.5. The summed E-state index contributed by atoms with van der Waals surface area (Å²) in [4.78, 5) is 16.6. The van der Waals surface area contributed by atoms with Gasteiger partial charge in [0, 0.05) is 12.0 Å². The number of imidazole rings is 1. The summed E-state index contributed by atoms with van der Waals surface area (Å²) in [6, 6.07) is 14.4. The third-order valence-electron chi connectivity index (χ3n) is 5.37. The van der Waals surface area contributed by atoms with E-state index < -0.39 is 0 Å². The van der Waals surface area contributed by atoms with Gasteiger partial charge in [-0.1, -0.05) is 49.4 Å². The molecule has 4 aromatic rings. The molecule has 6 nitrogen and oxygen atoms in total. The lowest BCUT2D eigenvalue weighted by Crippen LogP contribution is -2.14. The first-order valence-electron chi connectivity index (χ1n) is 9.22. The van der Waals surface area contributed by atoms with Crippen LogP contribution in [0.5, 0.6) is 5.88 Å². The topological polar surface area (TPSA) is 83.9 Å². The standard InChI is InChI=1S/C21H20N4O2/c1-12-9-14(10-17(12)26)27-21-18-20(22-11-23-21)25-19(24-18)16-8-4-6-13-5-2-3-7-15(13)16/h2-8,11-12,14,17,26H,9-10H2,1H3,(H,22,23,24,25)/t12-,14+,17-/m0/s1. The number of rotatable bonds is 3. The first-order chi connectivity index (χ1) is 13.2. The van der Waals surface area contributed by atoms with Crippen molar-refractivity contribution in [1.82, 2.24) is 19.9 Å². The molecular formula is C21H20N4O2. The Morgan fingerprint density at radius 2 is 1.93 bits per heavy atom. The zero-order valence-electron chi connectivity index (χ0n) is 15.0. The van der Waals surface area contributed by atoms with Crippen LogP contribution in [0.25, 0.3) is 33.3 Å². The molecule has 2 aromatic carbocycles. The highest BCUT2D eigenvalue weighted by Gasteiger charge is 2.32. The number of hydrogen-bond donors (Lipinski definition) is 2. The lowest BCUT2D eigenvalue weighted by atomic mass is 10.0. The number of H-pyrrole nitrogens is 1. The predicted molar refractivity (Wildman–Crippen MR) is 103 cm³/mol. The Morgan fingerprint density at radius 3 is 2.78 bits per heavy atom. The molecular weight excluding hydrogens is 340 g/mol. The second-order valence-corrected chi connectivity index (χ2v) is 7.25. The monoisotopic (exact) mass is 360 g/mol. The molecule has 1 aliphatic rings. The number of nitrogens with one attached hydrogen (secondary N) is 1. The molecule has 6 heteroatoms. The second-order valence-electron chi connectivity index (χ2n) is 7.25. The second kappa shape index (κ2) is 6.32. The van der Waals surface area contributed by atoms with Crippen LogP contribution in [0.1, 0.15) is 19.8 Å². The first-order valence-corrected chi connectivity index (χ1v) is 9.22. The Balaban J connectivity index is 1.56. The Labute approximate surface area is 156 Å². The lowest BCUT2D eigenvalue weighted by Gasteiger charge is -2.12. The van der Waals surface area contributed by atoms with Gasteiger partial charge in [-0.2, -0.15) is 4.98 Å². The van der Waals surface area contributed by atoms with Gasteiger partial charge in [0.15, 0.2) is 5.65 Å². The van der Waals surface area contributed by atoms with Crippen molar-refractivity contribution in [2.24, 2.45) is 5.92 Å². The van der Waals surface area contributed by atoms with E-state index in [0.717, 1.165) is 28.6 Å². The molecule has 2 N–H and O–H groups in total. The molecule has 0 bridgehead atoms. The molecule has 5 rings (SSSR count). The van der Waals surface area contributed by atoms with Crippen molar-refractivity contribution in [2.45, 2.75) is 32.0 Å². The molecule has 1 saturated carbocycles. The van der Waals surface area contributed by atoms with E-state index in [9.17, 15) is 5.11 Å². The predicted octanol–water partition coefficient (Wildman–Crippen LogP) is 3.71. The maximum absolute atomic E-state index is 9.98. The molecule has 0 aliphatic heterocycles. The van der Waals surface area contributed by atoms with Gasteiger partial charge in [-0.15, -0.1) is 0 Å². The maximum atomic E-state index is 9.98. The molecule has 27 heavy (non-hydrogen) atoms.